The molecule has 0 spiro atoms. The van der Waals surface area contributed by atoms with Crippen LogP contribution in [0, 0.1) is 89.9 Å². The number of nitriles is 5. The van der Waals surface area contributed by atoms with Crippen molar-refractivity contribution in [1.29, 1.82) is 26.3 Å². The van der Waals surface area contributed by atoms with Gasteiger partial charge >= 0.3 is 6.18 Å². The number of halogens is 3. The van der Waals surface area contributed by atoms with Gasteiger partial charge in [-0.1, -0.05) is 97.1 Å². The zero-order valence-corrected chi connectivity index (χ0v) is 44.3. The largest absolute Gasteiger partial charge is 0.416 e. The fourth-order valence-electron chi connectivity index (χ4n) is 11.4. The minimum atomic E-state index is -4.76. The van der Waals surface area contributed by atoms with E-state index in [4.69, 9.17) is 26.3 Å². The van der Waals surface area contributed by atoms with Gasteiger partial charge in [-0.05, 0) is 147 Å². The van der Waals surface area contributed by atoms with Crippen molar-refractivity contribution in [3.8, 4) is 97.4 Å². The number of benzene rings is 10. The molecule has 0 aliphatic heterocycles. The first-order chi connectivity index (χ1) is 41.2. The molecule has 2 aromatic heterocycles. The van der Waals surface area contributed by atoms with Crippen LogP contribution in [0.25, 0.3) is 130 Å². The van der Waals surface area contributed by atoms with Crippen molar-refractivity contribution in [2.45, 2.75) is 13.1 Å². The van der Waals surface area contributed by atoms with Crippen LogP contribution < -0.4 is 0 Å². The molecule has 14 heteroatoms. The Hall–Kier alpha value is -13.0. The van der Waals surface area contributed by atoms with Crippen LogP contribution in [0.3, 0.4) is 0 Å². The average Bonchev–Trinajstić information content (AvgIpc) is 1.67. The molecule has 0 saturated carbocycles. The van der Waals surface area contributed by atoms with Crippen LogP contribution in [-0.4, -0.2) is 9.13 Å². The molecule has 0 radical (unpaired) electrons. The van der Waals surface area contributed by atoms with Crippen molar-refractivity contribution in [3.05, 3.63) is 261 Å². The maximum atomic E-state index is 15.0. The normalized spacial score (nSPS) is 11.0. The Kier molecular flexibility index (Phi) is 12.8. The van der Waals surface area contributed by atoms with E-state index in [0.717, 1.165) is 12.1 Å². The van der Waals surface area contributed by atoms with Crippen molar-refractivity contribution in [1.82, 2.24) is 9.13 Å². The summed E-state index contributed by atoms with van der Waals surface area (Å²) in [5.74, 6) is 0. The van der Waals surface area contributed by atoms with Crippen LogP contribution in [0.4, 0.5) is 35.9 Å². The van der Waals surface area contributed by atoms with Gasteiger partial charge in [0.2, 0.25) is 0 Å². The first kappa shape index (κ1) is 52.7. The van der Waals surface area contributed by atoms with E-state index in [9.17, 15) is 39.5 Å². The third kappa shape index (κ3) is 8.89. The first-order valence-electron chi connectivity index (χ1n) is 25.9. The maximum absolute atomic E-state index is 15.0. The predicted octanol–water partition coefficient (Wildman–Crippen LogP) is 19.1. The SMILES string of the molecule is [C-]#[N+]c1ccc(-c2ccc3c4ccc(-c5ccc(C#N)cc5C#N)cc4n(-c4cc(-c5cc(C)cc(C(F)(F)F)c5)cc(-n5c6cc(-c7ccc(C#N)cc7[N+]#[C-])ccc6c6ccc(-c7ccc([N+]#[C-])cc7[N+]#[C-])cc65)c4C#N)c3c2)c(C#N)c1. The van der Waals surface area contributed by atoms with Gasteiger partial charge in [-0.15, -0.1) is 0 Å². The topological polar surface area (TPSA) is 146 Å². The number of rotatable bonds is 7. The molecule has 0 unspecified atom stereocenters. The minimum Gasteiger partial charge on any atom is -0.308 e. The molecular weight excluding hydrogens is 1060 g/mol. The molecule has 0 amide bonds. The number of alkyl halides is 3. The van der Waals surface area contributed by atoms with E-state index in [1.807, 2.05) is 81.9 Å². The summed E-state index contributed by atoms with van der Waals surface area (Å²) in [6, 6.07) is 59.8. The summed E-state index contributed by atoms with van der Waals surface area (Å²) >= 11 is 0. The summed E-state index contributed by atoms with van der Waals surface area (Å²) in [6.07, 6.45) is -4.76. The quantitative estimate of drug-likeness (QED) is 0.146. The van der Waals surface area contributed by atoms with Gasteiger partial charge in [0.1, 0.15) is 11.6 Å². The third-order valence-corrected chi connectivity index (χ3v) is 15.2. The summed E-state index contributed by atoms with van der Waals surface area (Å²) in [4.78, 5) is 14.6. The van der Waals surface area contributed by atoms with E-state index >= 15 is 0 Å². The molecule has 10 aromatic carbocycles. The van der Waals surface area contributed by atoms with Gasteiger partial charge in [0.15, 0.2) is 22.7 Å². The Bertz CT molecular complexity index is 4820. The molecule has 0 saturated heterocycles. The molecule has 0 bridgehead atoms. The van der Waals surface area contributed by atoms with E-state index in [-0.39, 0.29) is 73.1 Å². The lowest BCUT2D eigenvalue weighted by Crippen LogP contribution is -2.07. The highest BCUT2D eigenvalue weighted by Gasteiger charge is 2.32. The number of fused-ring (bicyclic) bond motifs is 6. The molecule has 0 aliphatic carbocycles. The van der Waals surface area contributed by atoms with Crippen LogP contribution in [-0.2, 0) is 6.18 Å². The van der Waals surface area contributed by atoms with Gasteiger partial charge in [0.25, 0.3) is 0 Å². The highest BCUT2D eigenvalue weighted by Crippen LogP contribution is 2.46. The lowest BCUT2D eigenvalue weighted by molar-refractivity contribution is -0.137. The lowest BCUT2D eigenvalue weighted by Gasteiger charge is -2.20. The molecule has 2 heterocycles. The summed E-state index contributed by atoms with van der Waals surface area (Å²) in [7, 11) is 0. The molecule has 11 nitrogen and oxygen atoms in total. The van der Waals surface area contributed by atoms with E-state index in [0.29, 0.717) is 93.7 Å². The first-order valence-corrected chi connectivity index (χ1v) is 25.9. The number of hydrogen-bond acceptors (Lipinski definition) is 5. The van der Waals surface area contributed by atoms with Gasteiger partial charge in [-0.2, -0.15) is 39.5 Å². The van der Waals surface area contributed by atoms with Crippen LogP contribution in [0.2, 0.25) is 0 Å². The Labute approximate surface area is 483 Å². The van der Waals surface area contributed by atoms with Crippen molar-refractivity contribution < 1.29 is 13.2 Å². The average molecular weight is 1100 g/mol. The van der Waals surface area contributed by atoms with Crippen LogP contribution >= 0.6 is 0 Å². The monoisotopic (exact) mass is 1100 g/mol. The second-order valence-electron chi connectivity index (χ2n) is 20.0. The highest BCUT2D eigenvalue weighted by molar-refractivity contribution is 6.14. The summed E-state index contributed by atoms with van der Waals surface area (Å²) in [5, 5.41) is 55.3. The summed E-state index contributed by atoms with van der Waals surface area (Å²) < 4.78 is 48.7. The van der Waals surface area contributed by atoms with E-state index in [1.165, 1.54) is 24.3 Å². The Morgan fingerprint density at radius 1 is 0.376 bits per heavy atom. The molecule has 12 rings (SSSR count). The Morgan fingerprint density at radius 2 is 0.788 bits per heavy atom. The van der Waals surface area contributed by atoms with E-state index < -0.39 is 11.7 Å². The van der Waals surface area contributed by atoms with Gasteiger partial charge in [0, 0.05) is 32.7 Å². The molecule has 85 heavy (non-hydrogen) atoms. The molecule has 0 N–H and O–H groups in total. The standard InChI is InChI=1S/C71H32F3N11/c1-40-22-47(26-51(23-40)71(72,73)74)48-32-69(84-65-28-43(54-14-6-41(35-75)24-49(54)37-77)8-16-58(65)59-17-9-44(29-66(59)84)55-20-12-52(80-2)27-50(55)38-78)62(39-79)70(33-48)85-67-30-45(56-15-7-42(36-76)25-63(56)82-4)10-18-60(67)61-19-11-46(31-68(61)85)57-21-13-53(81-3)34-64(57)83-5/h6-34H,1H3. The molecule has 392 valence electrons. The van der Waals surface area contributed by atoms with Crippen molar-refractivity contribution in [2.24, 2.45) is 0 Å². The lowest BCUT2D eigenvalue weighted by atomic mass is 9.96. The maximum Gasteiger partial charge on any atom is 0.416 e. The van der Waals surface area contributed by atoms with Crippen molar-refractivity contribution in [2.75, 3.05) is 0 Å². The van der Waals surface area contributed by atoms with E-state index in [1.54, 1.807) is 73.7 Å². The molecule has 0 fully saturated rings. The fourth-order valence-corrected chi connectivity index (χ4v) is 11.4. The zero-order valence-electron chi connectivity index (χ0n) is 44.3. The number of aromatic nitrogens is 2. The smallest absolute Gasteiger partial charge is 0.308 e. The third-order valence-electron chi connectivity index (χ3n) is 15.2. The number of nitrogens with zero attached hydrogens (tertiary/aromatic N) is 11. The second-order valence-corrected chi connectivity index (χ2v) is 20.0. The molecule has 0 aliphatic rings. The fraction of sp³-hybridized carbons (Fsp3) is 0.0282. The minimum absolute atomic E-state index is 0.0512. The summed E-state index contributed by atoms with van der Waals surface area (Å²) in [6.45, 7) is 33.2. The molecule has 0 atom stereocenters. The molecular formula is C71H32F3N11. The van der Waals surface area contributed by atoms with Crippen LogP contribution in [0.15, 0.2) is 176 Å². The van der Waals surface area contributed by atoms with Gasteiger partial charge in [-0.3, -0.25) is 0 Å². The highest BCUT2D eigenvalue weighted by atomic mass is 19.4. The summed E-state index contributed by atoms with van der Waals surface area (Å²) in [5.41, 5.74) is 8.64. The van der Waals surface area contributed by atoms with Crippen molar-refractivity contribution >= 4 is 66.4 Å². The van der Waals surface area contributed by atoms with Crippen molar-refractivity contribution in [3.63, 3.8) is 0 Å². The second kappa shape index (κ2) is 20.6. The zero-order chi connectivity index (χ0) is 59.4. The van der Waals surface area contributed by atoms with Gasteiger partial charge < -0.3 is 9.13 Å². The van der Waals surface area contributed by atoms with Gasteiger partial charge in [-0.25, -0.2) is 19.4 Å². The van der Waals surface area contributed by atoms with E-state index in [2.05, 4.69) is 49.7 Å². The predicted molar refractivity (Wildman–Crippen MR) is 321 cm³/mol. The van der Waals surface area contributed by atoms with Crippen LogP contribution in [0.5, 0.6) is 0 Å². The number of aryl methyl sites for hydroxylation is 1. The van der Waals surface area contributed by atoms with Crippen LogP contribution in [0.1, 0.15) is 38.9 Å². The molecule has 12 aromatic rings. The Morgan fingerprint density at radius 3 is 1.24 bits per heavy atom. The Balaban J connectivity index is 1.27. The number of hydrogen-bond donors (Lipinski definition) is 0. The van der Waals surface area contributed by atoms with Gasteiger partial charge in [0.05, 0.1) is 101 Å².